The number of imide groups is 1. The second-order valence-electron chi connectivity index (χ2n) is 7.78. The zero-order valence-electron chi connectivity index (χ0n) is 18.3. The maximum absolute atomic E-state index is 13.4. The first-order chi connectivity index (χ1) is 16.3. The molecule has 7 nitrogen and oxygen atoms in total. The van der Waals surface area contributed by atoms with Gasteiger partial charge in [-0.25, -0.2) is 4.90 Å². The number of rotatable bonds is 7. The molecule has 4 rings (SSSR count). The minimum absolute atomic E-state index is 0.0809. The Morgan fingerprint density at radius 2 is 1.79 bits per heavy atom. The van der Waals surface area contributed by atoms with Crippen molar-refractivity contribution >= 4 is 52.3 Å². The standard InChI is InChI=1S/C25H21ClN2O5S/c1-16(29)33-20-10-8-19(9-11-20)28-24(31)14-22(25(28)32)27(15-21-3-2-12-34-21)23(30)13-17-4-6-18(26)7-5-17/h2-12,22H,13-15H2,1H3. The van der Waals surface area contributed by atoms with Gasteiger partial charge in [-0.1, -0.05) is 29.8 Å². The number of esters is 1. The molecule has 1 fully saturated rings. The van der Waals surface area contributed by atoms with E-state index >= 15 is 0 Å². The number of carbonyl (C=O) groups is 4. The third-order valence-corrected chi connectivity index (χ3v) is 6.46. The van der Waals surface area contributed by atoms with Crippen LogP contribution in [0, 0.1) is 0 Å². The van der Waals surface area contributed by atoms with E-state index in [-0.39, 0.29) is 25.3 Å². The molecular formula is C25H21ClN2O5S. The number of hydrogen-bond donors (Lipinski definition) is 0. The van der Waals surface area contributed by atoms with Crippen LogP contribution < -0.4 is 9.64 Å². The van der Waals surface area contributed by atoms with Crippen LogP contribution in [0.3, 0.4) is 0 Å². The van der Waals surface area contributed by atoms with E-state index in [0.717, 1.165) is 15.3 Å². The summed E-state index contributed by atoms with van der Waals surface area (Å²) in [7, 11) is 0. The topological polar surface area (TPSA) is 84.0 Å². The molecule has 0 N–H and O–H groups in total. The van der Waals surface area contributed by atoms with Gasteiger partial charge >= 0.3 is 5.97 Å². The molecule has 1 saturated heterocycles. The number of thiophene rings is 1. The van der Waals surface area contributed by atoms with Crippen molar-refractivity contribution in [3.8, 4) is 5.75 Å². The number of hydrogen-bond acceptors (Lipinski definition) is 6. The molecule has 1 atom stereocenters. The molecule has 2 heterocycles. The second kappa shape index (κ2) is 10.2. The highest BCUT2D eigenvalue weighted by atomic mass is 35.5. The molecule has 1 unspecified atom stereocenters. The van der Waals surface area contributed by atoms with Crippen molar-refractivity contribution < 1.29 is 23.9 Å². The summed E-state index contributed by atoms with van der Waals surface area (Å²) in [6.07, 6.45) is -0.0279. The van der Waals surface area contributed by atoms with Crippen LogP contribution in [0.15, 0.2) is 66.0 Å². The fraction of sp³-hybridized carbons (Fsp3) is 0.200. The molecule has 0 radical (unpaired) electrons. The molecule has 1 aliphatic rings. The largest absolute Gasteiger partial charge is 0.427 e. The van der Waals surface area contributed by atoms with Crippen LogP contribution in [0.4, 0.5) is 5.69 Å². The molecule has 1 aliphatic heterocycles. The Bertz CT molecular complexity index is 1210. The van der Waals surface area contributed by atoms with Gasteiger partial charge in [0.2, 0.25) is 11.8 Å². The van der Waals surface area contributed by atoms with E-state index in [2.05, 4.69) is 0 Å². The fourth-order valence-corrected chi connectivity index (χ4v) is 4.61. The maximum Gasteiger partial charge on any atom is 0.308 e. The van der Waals surface area contributed by atoms with Gasteiger partial charge in [-0.2, -0.15) is 0 Å². The third kappa shape index (κ3) is 5.35. The van der Waals surface area contributed by atoms with E-state index in [1.807, 2.05) is 17.5 Å². The molecule has 1 aromatic heterocycles. The fourth-order valence-electron chi connectivity index (χ4n) is 3.78. The lowest BCUT2D eigenvalue weighted by molar-refractivity contribution is -0.138. The third-order valence-electron chi connectivity index (χ3n) is 5.35. The smallest absolute Gasteiger partial charge is 0.308 e. The lowest BCUT2D eigenvalue weighted by Crippen LogP contribution is -2.45. The molecule has 3 aromatic rings. The Kier molecular flexibility index (Phi) is 7.09. The lowest BCUT2D eigenvalue weighted by Gasteiger charge is -2.27. The summed E-state index contributed by atoms with van der Waals surface area (Å²) < 4.78 is 5.01. The van der Waals surface area contributed by atoms with Crippen molar-refractivity contribution in [2.24, 2.45) is 0 Å². The molecule has 0 spiro atoms. The van der Waals surface area contributed by atoms with Gasteiger partial charge < -0.3 is 9.64 Å². The first-order valence-electron chi connectivity index (χ1n) is 10.5. The average molecular weight is 497 g/mol. The van der Waals surface area contributed by atoms with Gasteiger partial charge in [0.05, 0.1) is 25.1 Å². The van der Waals surface area contributed by atoms with E-state index in [1.54, 1.807) is 24.3 Å². The first-order valence-corrected chi connectivity index (χ1v) is 11.8. The molecular weight excluding hydrogens is 476 g/mol. The Hall–Kier alpha value is -3.49. The van der Waals surface area contributed by atoms with Crippen molar-refractivity contribution in [2.75, 3.05) is 4.90 Å². The second-order valence-corrected chi connectivity index (χ2v) is 9.25. The van der Waals surface area contributed by atoms with Gasteiger partial charge in [0.1, 0.15) is 11.8 Å². The Morgan fingerprint density at radius 1 is 1.09 bits per heavy atom. The zero-order chi connectivity index (χ0) is 24.2. The summed E-state index contributed by atoms with van der Waals surface area (Å²) in [6.45, 7) is 1.52. The van der Waals surface area contributed by atoms with Crippen molar-refractivity contribution in [1.82, 2.24) is 4.90 Å². The van der Waals surface area contributed by atoms with Crippen LogP contribution in [0.2, 0.25) is 5.02 Å². The van der Waals surface area contributed by atoms with Crippen LogP contribution in [0.25, 0.3) is 0 Å². The van der Waals surface area contributed by atoms with Gasteiger partial charge in [0.15, 0.2) is 0 Å². The Balaban J connectivity index is 1.57. The number of ether oxygens (including phenoxy) is 1. The highest BCUT2D eigenvalue weighted by Crippen LogP contribution is 2.29. The van der Waals surface area contributed by atoms with Crippen LogP contribution >= 0.6 is 22.9 Å². The van der Waals surface area contributed by atoms with Crippen molar-refractivity contribution in [3.63, 3.8) is 0 Å². The summed E-state index contributed by atoms with van der Waals surface area (Å²) in [6, 6.07) is 15.9. The van der Waals surface area contributed by atoms with Gasteiger partial charge in [0, 0.05) is 16.8 Å². The monoisotopic (exact) mass is 496 g/mol. The first kappa shape index (κ1) is 23.7. The minimum Gasteiger partial charge on any atom is -0.427 e. The van der Waals surface area contributed by atoms with E-state index in [1.165, 1.54) is 47.4 Å². The van der Waals surface area contributed by atoms with E-state index in [4.69, 9.17) is 16.3 Å². The number of carbonyl (C=O) groups excluding carboxylic acids is 4. The summed E-state index contributed by atoms with van der Waals surface area (Å²) in [5, 5.41) is 2.47. The number of nitrogens with zero attached hydrogens (tertiary/aromatic N) is 2. The number of halogens is 1. The maximum atomic E-state index is 13.4. The van der Waals surface area contributed by atoms with E-state index in [0.29, 0.717) is 16.5 Å². The highest BCUT2D eigenvalue weighted by Gasteiger charge is 2.44. The predicted molar refractivity (Wildman–Crippen MR) is 129 cm³/mol. The molecule has 0 bridgehead atoms. The van der Waals surface area contributed by atoms with Gasteiger partial charge in [-0.15, -0.1) is 11.3 Å². The summed E-state index contributed by atoms with van der Waals surface area (Å²) >= 11 is 7.43. The van der Waals surface area contributed by atoms with Crippen LogP contribution in [-0.4, -0.2) is 34.6 Å². The zero-order valence-corrected chi connectivity index (χ0v) is 19.8. The molecule has 2 aromatic carbocycles. The van der Waals surface area contributed by atoms with Crippen LogP contribution in [0.1, 0.15) is 23.8 Å². The normalized spacial score (nSPS) is 15.5. The van der Waals surface area contributed by atoms with Crippen LogP contribution in [0.5, 0.6) is 5.75 Å². The number of amides is 3. The van der Waals surface area contributed by atoms with Gasteiger partial charge in [-0.05, 0) is 53.4 Å². The lowest BCUT2D eigenvalue weighted by atomic mass is 10.1. The molecule has 9 heteroatoms. The predicted octanol–water partition coefficient (Wildman–Crippen LogP) is 4.23. The summed E-state index contributed by atoms with van der Waals surface area (Å²) in [5.41, 5.74) is 1.12. The molecule has 174 valence electrons. The summed E-state index contributed by atoms with van der Waals surface area (Å²) in [5.74, 6) is -1.28. The van der Waals surface area contributed by atoms with Crippen molar-refractivity contribution in [1.29, 1.82) is 0 Å². The van der Waals surface area contributed by atoms with Crippen molar-refractivity contribution in [2.45, 2.75) is 32.4 Å². The summed E-state index contributed by atoms with van der Waals surface area (Å²) in [4.78, 5) is 54.1. The van der Waals surface area contributed by atoms with E-state index < -0.39 is 23.8 Å². The molecule has 34 heavy (non-hydrogen) atoms. The highest BCUT2D eigenvalue weighted by molar-refractivity contribution is 7.09. The minimum atomic E-state index is -0.914. The Morgan fingerprint density at radius 3 is 2.41 bits per heavy atom. The van der Waals surface area contributed by atoms with Gasteiger partial charge in [0.25, 0.3) is 5.91 Å². The number of anilines is 1. The van der Waals surface area contributed by atoms with Crippen LogP contribution in [-0.2, 0) is 32.1 Å². The molecule has 0 aliphatic carbocycles. The van der Waals surface area contributed by atoms with E-state index in [9.17, 15) is 19.2 Å². The average Bonchev–Trinajstić information content (AvgIpc) is 3.41. The quantitative estimate of drug-likeness (QED) is 0.277. The van der Waals surface area contributed by atoms with Crippen molar-refractivity contribution in [3.05, 3.63) is 81.5 Å². The Labute approximate surface area is 205 Å². The molecule has 0 saturated carbocycles. The number of benzene rings is 2. The molecule has 3 amide bonds. The van der Waals surface area contributed by atoms with Gasteiger partial charge in [-0.3, -0.25) is 19.2 Å². The SMILES string of the molecule is CC(=O)Oc1ccc(N2C(=O)CC(N(Cc3cccs3)C(=O)Cc3ccc(Cl)cc3)C2=O)cc1.